The van der Waals surface area contributed by atoms with Crippen molar-refractivity contribution in [2.45, 2.75) is 19.3 Å². The van der Waals surface area contributed by atoms with E-state index in [4.69, 9.17) is 9.84 Å². The molecule has 1 heterocycles. The zero-order valence-corrected chi connectivity index (χ0v) is 6.25. The number of piperidine rings is 1. The minimum absolute atomic E-state index is 0.156. The van der Waals surface area contributed by atoms with Gasteiger partial charge in [-0.25, -0.2) is 0 Å². The molecule has 0 bridgehead atoms. The van der Waals surface area contributed by atoms with Gasteiger partial charge in [0.1, 0.15) is 13.5 Å². The third-order valence-corrected chi connectivity index (χ3v) is 1.81. The molecule has 0 aliphatic carbocycles. The molecule has 3 nitrogen and oxygen atoms in total. The molecule has 0 aromatic heterocycles. The van der Waals surface area contributed by atoms with E-state index in [1.54, 1.807) is 0 Å². The van der Waals surface area contributed by atoms with Crippen molar-refractivity contribution in [3.05, 3.63) is 0 Å². The van der Waals surface area contributed by atoms with E-state index in [1.807, 2.05) is 0 Å². The molecular formula is C7H15NO2. The second-order valence-corrected chi connectivity index (χ2v) is 2.64. The number of aliphatic hydroxyl groups is 1. The lowest BCUT2D eigenvalue weighted by Crippen LogP contribution is -2.31. The van der Waals surface area contributed by atoms with Crippen LogP contribution in [0.2, 0.25) is 0 Å². The molecule has 1 saturated heterocycles. The highest BCUT2D eigenvalue weighted by Crippen LogP contribution is 2.07. The Balaban J connectivity index is 2.02. The van der Waals surface area contributed by atoms with Crippen molar-refractivity contribution in [1.29, 1.82) is 0 Å². The van der Waals surface area contributed by atoms with Crippen molar-refractivity contribution in [3.63, 3.8) is 0 Å². The SMILES string of the molecule is OCOCN1CCCCC1. The summed E-state index contributed by atoms with van der Waals surface area (Å²) in [6.07, 6.45) is 3.89. The van der Waals surface area contributed by atoms with E-state index in [1.165, 1.54) is 19.3 Å². The Morgan fingerprint density at radius 3 is 2.50 bits per heavy atom. The Hall–Kier alpha value is -0.120. The highest BCUT2D eigenvalue weighted by atomic mass is 16.6. The van der Waals surface area contributed by atoms with Gasteiger partial charge in [0.15, 0.2) is 0 Å². The fourth-order valence-electron chi connectivity index (χ4n) is 1.26. The number of hydrogen-bond acceptors (Lipinski definition) is 3. The van der Waals surface area contributed by atoms with Crippen LogP contribution in [-0.4, -0.2) is 36.6 Å². The maximum atomic E-state index is 8.35. The van der Waals surface area contributed by atoms with Gasteiger partial charge in [-0.15, -0.1) is 0 Å². The molecule has 10 heavy (non-hydrogen) atoms. The van der Waals surface area contributed by atoms with Crippen molar-refractivity contribution < 1.29 is 9.84 Å². The molecule has 1 N–H and O–H groups in total. The summed E-state index contributed by atoms with van der Waals surface area (Å²) < 4.78 is 4.85. The van der Waals surface area contributed by atoms with E-state index in [9.17, 15) is 0 Å². The molecule has 0 unspecified atom stereocenters. The maximum Gasteiger partial charge on any atom is 0.145 e. The molecule has 0 aromatic carbocycles. The first-order valence-corrected chi connectivity index (χ1v) is 3.84. The molecule has 1 aliphatic rings. The average molecular weight is 145 g/mol. The quantitative estimate of drug-likeness (QED) is 0.583. The molecule has 0 saturated carbocycles. The predicted octanol–water partition coefficient (Wildman–Crippen LogP) is 0.396. The largest absolute Gasteiger partial charge is 0.371 e. The average Bonchev–Trinajstić information content (AvgIpc) is 2.03. The summed E-state index contributed by atoms with van der Waals surface area (Å²) in [6, 6.07) is 0. The zero-order chi connectivity index (χ0) is 7.23. The van der Waals surface area contributed by atoms with Crippen LogP contribution in [0.15, 0.2) is 0 Å². The first-order valence-electron chi connectivity index (χ1n) is 3.84. The summed E-state index contributed by atoms with van der Waals surface area (Å²) in [4.78, 5) is 2.22. The van der Waals surface area contributed by atoms with Gasteiger partial charge >= 0.3 is 0 Å². The lowest BCUT2D eigenvalue weighted by atomic mass is 10.1. The van der Waals surface area contributed by atoms with Crippen LogP contribution in [0.4, 0.5) is 0 Å². The van der Waals surface area contributed by atoms with Gasteiger partial charge in [-0.05, 0) is 12.8 Å². The van der Waals surface area contributed by atoms with Crippen molar-refractivity contribution in [2.24, 2.45) is 0 Å². The number of ether oxygens (including phenoxy) is 1. The second kappa shape index (κ2) is 4.66. The Labute approximate surface area is 61.6 Å². The van der Waals surface area contributed by atoms with Gasteiger partial charge in [0.2, 0.25) is 0 Å². The third kappa shape index (κ3) is 2.64. The molecule has 0 aromatic rings. The van der Waals surface area contributed by atoms with Crippen molar-refractivity contribution in [1.82, 2.24) is 4.90 Å². The standard InChI is InChI=1S/C7H15NO2/c9-7-10-6-8-4-2-1-3-5-8/h9H,1-7H2. The summed E-state index contributed by atoms with van der Waals surface area (Å²) >= 11 is 0. The van der Waals surface area contributed by atoms with Crippen LogP contribution in [-0.2, 0) is 4.74 Å². The van der Waals surface area contributed by atoms with Gasteiger partial charge in [0, 0.05) is 13.1 Å². The van der Waals surface area contributed by atoms with E-state index in [-0.39, 0.29) is 6.79 Å². The van der Waals surface area contributed by atoms with Gasteiger partial charge in [0.05, 0.1) is 0 Å². The maximum absolute atomic E-state index is 8.35. The van der Waals surface area contributed by atoms with Crippen LogP contribution in [0.5, 0.6) is 0 Å². The summed E-state index contributed by atoms with van der Waals surface area (Å²) in [6.45, 7) is 2.69. The minimum atomic E-state index is -0.156. The van der Waals surface area contributed by atoms with Crippen molar-refractivity contribution in [3.8, 4) is 0 Å². The van der Waals surface area contributed by atoms with Crippen molar-refractivity contribution >= 4 is 0 Å². The minimum Gasteiger partial charge on any atom is -0.371 e. The van der Waals surface area contributed by atoms with Gasteiger partial charge in [-0.2, -0.15) is 0 Å². The summed E-state index contributed by atoms with van der Waals surface area (Å²) in [5.41, 5.74) is 0. The highest BCUT2D eigenvalue weighted by Gasteiger charge is 2.08. The third-order valence-electron chi connectivity index (χ3n) is 1.81. The number of likely N-dealkylation sites (tertiary alicyclic amines) is 1. The molecule has 1 aliphatic heterocycles. The van der Waals surface area contributed by atoms with Gasteiger partial charge in [-0.3, -0.25) is 4.90 Å². The topological polar surface area (TPSA) is 32.7 Å². The van der Waals surface area contributed by atoms with E-state index < -0.39 is 0 Å². The monoisotopic (exact) mass is 145 g/mol. The van der Waals surface area contributed by atoms with Gasteiger partial charge < -0.3 is 9.84 Å². The van der Waals surface area contributed by atoms with Crippen LogP contribution >= 0.6 is 0 Å². The Kier molecular flexibility index (Phi) is 3.72. The first kappa shape index (κ1) is 7.98. The van der Waals surface area contributed by atoms with E-state index in [2.05, 4.69) is 4.90 Å². The number of rotatable bonds is 3. The molecule has 0 spiro atoms. The van der Waals surface area contributed by atoms with Crippen LogP contribution in [0.25, 0.3) is 0 Å². The van der Waals surface area contributed by atoms with Crippen LogP contribution < -0.4 is 0 Å². The number of hydrogen-bond donors (Lipinski definition) is 1. The molecule has 0 radical (unpaired) electrons. The van der Waals surface area contributed by atoms with E-state index >= 15 is 0 Å². The Morgan fingerprint density at radius 1 is 1.20 bits per heavy atom. The predicted molar refractivity (Wildman–Crippen MR) is 38.5 cm³/mol. The Morgan fingerprint density at radius 2 is 1.90 bits per heavy atom. The van der Waals surface area contributed by atoms with E-state index in [0.717, 1.165) is 13.1 Å². The number of aliphatic hydroxyl groups excluding tert-OH is 1. The lowest BCUT2D eigenvalue weighted by molar-refractivity contribution is -0.0583. The molecular weight excluding hydrogens is 130 g/mol. The summed E-state index contributed by atoms with van der Waals surface area (Å²) in [7, 11) is 0. The summed E-state index contributed by atoms with van der Waals surface area (Å²) in [5, 5.41) is 8.35. The highest BCUT2D eigenvalue weighted by molar-refractivity contribution is 4.60. The normalized spacial score (nSPS) is 21.3. The molecule has 60 valence electrons. The second-order valence-electron chi connectivity index (χ2n) is 2.64. The lowest BCUT2D eigenvalue weighted by Gasteiger charge is -2.25. The molecule has 0 amide bonds. The van der Waals surface area contributed by atoms with Crippen LogP contribution in [0, 0.1) is 0 Å². The van der Waals surface area contributed by atoms with Crippen molar-refractivity contribution in [2.75, 3.05) is 26.6 Å². The Bertz CT molecular complexity index is 81.7. The van der Waals surface area contributed by atoms with Crippen LogP contribution in [0.1, 0.15) is 19.3 Å². The fourth-order valence-corrected chi connectivity index (χ4v) is 1.26. The van der Waals surface area contributed by atoms with Gasteiger partial charge in [-0.1, -0.05) is 6.42 Å². The first-order chi connectivity index (χ1) is 4.93. The zero-order valence-electron chi connectivity index (χ0n) is 6.25. The van der Waals surface area contributed by atoms with E-state index in [0.29, 0.717) is 6.73 Å². The molecule has 3 heteroatoms. The molecule has 0 atom stereocenters. The molecule has 1 fully saturated rings. The van der Waals surface area contributed by atoms with Crippen LogP contribution in [0.3, 0.4) is 0 Å². The molecule has 1 rings (SSSR count). The van der Waals surface area contributed by atoms with Gasteiger partial charge in [0.25, 0.3) is 0 Å². The smallest absolute Gasteiger partial charge is 0.145 e. The summed E-state index contributed by atoms with van der Waals surface area (Å²) in [5.74, 6) is 0. The number of nitrogens with zero attached hydrogens (tertiary/aromatic N) is 1. The fraction of sp³-hybridized carbons (Fsp3) is 1.00.